The van der Waals surface area contributed by atoms with Crippen LogP contribution >= 0.6 is 0 Å². The molecule has 1 saturated carbocycles. The second kappa shape index (κ2) is 7.65. The third kappa shape index (κ3) is 3.34. The Morgan fingerprint density at radius 1 is 0.933 bits per heavy atom. The number of hydrogen-bond donors (Lipinski definition) is 0. The van der Waals surface area contributed by atoms with Gasteiger partial charge in [-0.2, -0.15) is 4.31 Å². The van der Waals surface area contributed by atoms with Crippen LogP contribution in [0.3, 0.4) is 0 Å². The maximum Gasteiger partial charge on any atom is 0.244 e. The molecule has 4 rings (SSSR count). The summed E-state index contributed by atoms with van der Waals surface area (Å²) >= 11 is 0. The average Bonchev–Trinajstić information content (AvgIpc) is 2.62. The van der Waals surface area contributed by atoms with E-state index in [9.17, 15) is 8.42 Å². The first-order chi connectivity index (χ1) is 14.1. The van der Waals surface area contributed by atoms with Crippen molar-refractivity contribution in [2.75, 3.05) is 6.54 Å². The fourth-order valence-electron chi connectivity index (χ4n) is 5.84. The van der Waals surface area contributed by atoms with Gasteiger partial charge in [0.25, 0.3) is 0 Å². The van der Waals surface area contributed by atoms with Gasteiger partial charge in [-0.1, -0.05) is 73.0 Å². The number of sulfonamides is 1. The molecule has 0 spiro atoms. The lowest BCUT2D eigenvalue weighted by Crippen LogP contribution is -2.54. The van der Waals surface area contributed by atoms with E-state index in [-0.39, 0.29) is 17.9 Å². The molecule has 3 atom stereocenters. The van der Waals surface area contributed by atoms with Crippen LogP contribution in [0.15, 0.2) is 58.5 Å². The second-order valence-electron chi connectivity index (χ2n) is 9.53. The number of rotatable bonds is 4. The molecule has 4 heteroatoms. The van der Waals surface area contributed by atoms with Crippen molar-refractivity contribution in [3.63, 3.8) is 0 Å². The Labute approximate surface area is 181 Å². The van der Waals surface area contributed by atoms with Gasteiger partial charge in [-0.05, 0) is 62.6 Å². The smallest absolute Gasteiger partial charge is 0.207 e. The Morgan fingerprint density at radius 2 is 1.53 bits per heavy atom. The van der Waals surface area contributed by atoms with E-state index in [2.05, 4.69) is 45.0 Å². The molecule has 2 aromatic rings. The predicted octanol–water partition coefficient (Wildman–Crippen LogP) is 5.76. The van der Waals surface area contributed by atoms with Gasteiger partial charge in [0.2, 0.25) is 10.0 Å². The lowest BCUT2D eigenvalue weighted by atomic mass is 9.62. The summed E-state index contributed by atoms with van der Waals surface area (Å²) in [5.41, 5.74) is 6.85. The van der Waals surface area contributed by atoms with Crippen LogP contribution in [0, 0.1) is 32.6 Å². The Hall–Kier alpha value is -1.91. The van der Waals surface area contributed by atoms with Gasteiger partial charge >= 0.3 is 0 Å². The fraction of sp³-hybridized carbons (Fsp3) is 0.462. The summed E-state index contributed by atoms with van der Waals surface area (Å²) in [6, 6.07) is 14.5. The molecule has 0 amide bonds. The highest BCUT2D eigenvalue weighted by Gasteiger charge is 2.49. The summed E-state index contributed by atoms with van der Waals surface area (Å²) < 4.78 is 29.9. The first-order valence-electron chi connectivity index (χ1n) is 11.0. The van der Waals surface area contributed by atoms with E-state index < -0.39 is 10.0 Å². The molecule has 160 valence electrons. The lowest BCUT2D eigenvalue weighted by Gasteiger charge is -2.51. The van der Waals surface area contributed by atoms with Crippen LogP contribution < -0.4 is 0 Å². The molecule has 0 unspecified atom stereocenters. The highest BCUT2D eigenvalue weighted by molar-refractivity contribution is 7.89. The van der Waals surface area contributed by atoms with Gasteiger partial charge in [0.1, 0.15) is 0 Å². The van der Waals surface area contributed by atoms with E-state index in [1.807, 2.05) is 43.3 Å². The van der Waals surface area contributed by atoms with Gasteiger partial charge in [0.05, 0.1) is 4.90 Å². The summed E-state index contributed by atoms with van der Waals surface area (Å²) in [5.74, 6) is 0.917. The van der Waals surface area contributed by atoms with Crippen molar-refractivity contribution in [2.45, 2.75) is 64.8 Å². The van der Waals surface area contributed by atoms with Crippen LogP contribution in [0.5, 0.6) is 0 Å². The number of aryl methyl sites for hydroxylation is 3. The molecule has 1 aliphatic carbocycles. The topological polar surface area (TPSA) is 37.4 Å². The van der Waals surface area contributed by atoms with E-state index in [1.54, 1.807) is 0 Å². The van der Waals surface area contributed by atoms with Gasteiger partial charge in [-0.25, -0.2) is 8.42 Å². The standard InChI is InChI=1S/C26H33NO2S/c1-16(2)25-20(6)22-14-23(21-10-8-7-9-11-21)24(22)15-27(25)30(28,29)26-18(4)12-17(3)13-19(26)5/h7-13,16,23-25H,14-15H2,1-6H3/t23-,24+,25+/m1/s1. The predicted molar refractivity (Wildman–Crippen MR) is 123 cm³/mol. The van der Waals surface area contributed by atoms with Crippen molar-refractivity contribution < 1.29 is 8.42 Å². The van der Waals surface area contributed by atoms with E-state index in [4.69, 9.17) is 0 Å². The Balaban J connectivity index is 1.79. The van der Waals surface area contributed by atoms with Crippen molar-refractivity contribution in [1.29, 1.82) is 0 Å². The molecule has 2 aliphatic rings. The Morgan fingerprint density at radius 3 is 2.10 bits per heavy atom. The summed E-state index contributed by atoms with van der Waals surface area (Å²) in [4.78, 5) is 0.491. The molecular weight excluding hydrogens is 390 g/mol. The molecule has 0 N–H and O–H groups in total. The minimum absolute atomic E-state index is 0.0712. The molecule has 1 aliphatic heterocycles. The van der Waals surface area contributed by atoms with Gasteiger partial charge in [0, 0.05) is 18.5 Å². The summed E-state index contributed by atoms with van der Waals surface area (Å²) in [6.45, 7) is 12.9. The zero-order chi connectivity index (χ0) is 21.8. The minimum atomic E-state index is -3.60. The number of hydrogen-bond acceptors (Lipinski definition) is 2. The number of benzene rings is 2. The Bertz CT molecular complexity index is 1080. The summed E-state index contributed by atoms with van der Waals surface area (Å²) in [6.07, 6.45) is 1.06. The molecule has 0 radical (unpaired) electrons. The third-order valence-corrected chi connectivity index (χ3v) is 9.19. The SMILES string of the molecule is CC1=C2C[C@H](c3ccccc3)[C@H]2CN(S(=O)(=O)c2c(C)cc(C)cc2C)[C@H]1C(C)C. The molecule has 1 fully saturated rings. The molecule has 3 nitrogen and oxygen atoms in total. The fourth-order valence-corrected chi connectivity index (χ4v) is 8.06. The lowest BCUT2D eigenvalue weighted by molar-refractivity contribution is 0.190. The normalized spacial score (nSPS) is 24.7. The van der Waals surface area contributed by atoms with Crippen LogP contribution in [-0.4, -0.2) is 25.3 Å². The maximum absolute atomic E-state index is 14.0. The van der Waals surface area contributed by atoms with Gasteiger partial charge < -0.3 is 0 Å². The number of nitrogens with zero attached hydrogens (tertiary/aromatic N) is 1. The summed E-state index contributed by atoms with van der Waals surface area (Å²) in [5, 5.41) is 0. The van der Waals surface area contributed by atoms with Crippen LogP contribution in [0.25, 0.3) is 0 Å². The third-order valence-electron chi connectivity index (χ3n) is 7.04. The van der Waals surface area contributed by atoms with E-state index in [0.717, 1.165) is 23.1 Å². The van der Waals surface area contributed by atoms with Gasteiger partial charge in [0.15, 0.2) is 0 Å². The van der Waals surface area contributed by atoms with Crippen molar-refractivity contribution in [1.82, 2.24) is 4.31 Å². The molecule has 0 aromatic heterocycles. The van der Waals surface area contributed by atoms with Crippen molar-refractivity contribution in [2.24, 2.45) is 11.8 Å². The van der Waals surface area contributed by atoms with Crippen LogP contribution in [0.4, 0.5) is 0 Å². The molecule has 0 saturated heterocycles. The highest BCUT2D eigenvalue weighted by atomic mass is 32.2. The molecule has 0 bridgehead atoms. The quantitative estimate of drug-likeness (QED) is 0.586. The Kier molecular flexibility index (Phi) is 5.44. The van der Waals surface area contributed by atoms with Crippen LogP contribution in [-0.2, 0) is 10.0 Å². The molecule has 30 heavy (non-hydrogen) atoms. The molecule has 1 heterocycles. The van der Waals surface area contributed by atoms with E-state index in [0.29, 0.717) is 17.4 Å². The first-order valence-corrected chi connectivity index (χ1v) is 12.4. The maximum atomic E-state index is 14.0. The largest absolute Gasteiger partial charge is 0.244 e. The molecular formula is C26H33NO2S. The van der Waals surface area contributed by atoms with Crippen molar-refractivity contribution in [3.8, 4) is 0 Å². The first kappa shape index (κ1) is 21.3. The van der Waals surface area contributed by atoms with E-state index in [1.165, 1.54) is 16.7 Å². The average molecular weight is 424 g/mol. The van der Waals surface area contributed by atoms with Crippen molar-refractivity contribution >= 4 is 10.0 Å². The van der Waals surface area contributed by atoms with Gasteiger partial charge in [-0.3, -0.25) is 0 Å². The monoisotopic (exact) mass is 423 g/mol. The van der Waals surface area contributed by atoms with Crippen LogP contribution in [0.2, 0.25) is 0 Å². The van der Waals surface area contributed by atoms with Crippen LogP contribution in [0.1, 0.15) is 55.4 Å². The van der Waals surface area contributed by atoms with Gasteiger partial charge in [-0.15, -0.1) is 0 Å². The second-order valence-corrected chi connectivity index (χ2v) is 11.4. The van der Waals surface area contributed by atoms with Crippen molar-refractivity contribution in [3.05, 3.63) is 75.9 Å². The minimum Gasteiger partial charge on any atom is -0.207 e. The molecule has 2 aromatic carbocycles. The zero-order valence-corrected chi connectivity index (χ0v) is 19.8. The number of fused-ring (bicyclic) bond motifs is 1. The zero-order valence-electron chi connectivity index (χ0n) is 18.9. The highest BCUT2D eigenvalue weighted by Crippen LogP contribution is 2.53. The van der Waals surface area contributed by atoms with E-state index >= 15 is 0 Å². The summed E-state index contributed by atoms with van der Waals surface area (Å²) in [7, 11) is -3.60.